The molecule has 0 unspecified atom stereocenters. The Morgan fingerprint density at radius 1 is 1.57 bits per heavy atom. The number of nitrogens with two attached hydrogens (primary N) is 1. The molecule has 110 valence electrons. The minimum atomic E-state index is -0.494. The van der Waals surface area contributed by atoms with E-state index < -0.39 is 5.97 Å². The predicted molar refractivity (Wildman–Crippen MR) is 85.9 cm³/mol. The van der Waals surface area contributed by atoms with Gasteiger partial charge in [-0.15, -0.1) is 22.7 Å². The zero-order valence-corrected chi connectivity index (χ0v) is 13.1. The number of ether oxygens (including phenoxy) is 1. The van der Waals surface area contributed by atoms with Crippen molar-refractivity contribution in [2.24, 2.45) is 0 Å². The summed E-state index contributed by atoms with van der Waals surface area (Å²) in [5.41, 5.74) is 6.32. The van der Waals surface area contributed by atoms with E-state index >= 15 is 0 Å². The van der Waals surface area contributed by atoms with Crippen LogP contribution in [0.15, 0.2) is 17.5 Å². The van der Waals surface area contributed by atoms with Crippen LogP contribution in [0.2, 0.25) is 0 Å². The van der Waals surface area contributed by atoms with Gasteiger partial charge in [0, 0.05) is 11.4 Å². The van der Waals surface area contributed by atoms with Crippen LogP contribution in [0.4, 0.5) is 10.7 Å². The Bertz CT molecular complexity index is 657. The van der Waals surface area contributed by atoms with Gasteiger partial charge in [-0.1, -0.05) is 6.07 Å². The lowest BCUT2D eigenvalue weighted by Gasteiger charge is -2.07. The van der Waals surface area contributed by atoms with Gasteiger partial charge in [0.05, 0.1) is 12.3 Å². The minimum absolute atomic E-state index is 0.194. The van der Waals surface area contributed by atoms with Gasteiger partial charge < -0.3 is 15.8 Å². The molecule has 0 saturated heterocycles. The lowest BCUT2D eigenvalue weighted by Crippen LogP contribution is -2.11. The largest absolute Gasteiger partial charge is 0.462 e. The van der Waals surface area contributed by atoms with Gasteiger partial charge in [0.25, 0.3) is 0 Å². The molecule has 0 atom stereocenters. The number of nitrogens with one attached hydrogen (secondary N) is 1. The van der Waals surface area contributed by atoms with Crippen molar-refractivity contribution in [3.05, 3.63) is 32.8 Å². The number of esters is 1. The summed E-state index contributed by atoms with van der Waals surface area (Å²) in [5.74, 6) is -0.494. The number of thiophene rings is 2. The third-order valence-corrected chi connectivity index (χ3v) is 4.77. The van der Waals surface area contributed by atoms with E-state index in [4.69, 9.17) is 15.7 Å². The normalized spacial score (nSPS) is 10.1. The van der Waals surface area contributed by atoms with Crippen LogP contribution in [0.25, 0.3) is 0 Å². The van der Waals surface area contributed by atoms with Crippen LogP contribution in [0.1, 0.15) is 27.0 Å². The van der Waals surface area contributed by atoms with Crippen molar-refractivity contribution < 1.29 is 9.53 Å². The summed E-state index contributed by atoms with van der Waals surface area (Å²) < 4.78 is 5.00. The maximum atomic E-state index is 12.0. The van der Waals surface area contributed by atoms with Gasteiger partial charge in [-0.05, 0) is 24.8 Å². The van der Waals surface area contributed by atoms with E-state index in [2.05, 4.69) is 11.4 Å². The molecule has 0 spiro atoms. The fraction of sp³-hybridized carbons (Fsp3) is 0.286. The van der Waals surface area contributed by atoms with Crippen LogP contribution < -0.4 is 11.1 Å². The molecule has 0 aliphatic carbocycles. The number of carbonyl (C=O) groups excluding carboxylic acids is 1. The number of nitriles is 1. The average Bonchev–Trinajstić information content (AvgIpc) is 3.07. The fourth-order valence-corrected chi connectivity index (χ4v) is 3.45. The van der Waals surface area contributed by atoms with Crippen molar-refractivity contribution in [2.75, 3.05) is 24.2 Å². The van der Waals surface area contributed by atoms with E-state index in [1.54, 1.807) is 18.3 Å². The summed E-state index contributed by atoms with van der Waals surface area (Å²) in [6.45, 7) is 2.66. The number of anilines is 2. The SMILES string of the molecule is CCOC(=O)c1c(NCCc2cccs2)sc(C#N)c1N. The molecule has 0 radical (unpaired) electrons. The topological polar surface area (TPSA) is 88.1 Å². The Balaban J connectivity index is 2.13. The summed E-state index contributed by atoms with van der Waals surface area (Å²) in [4.78, 5) is 13.5. The molecule has 2 rings (SSSR count). The second-order valence-corrected chi connectivity index (χ2v) is 6.19. The Hall–Kier alpha value is -2.04. The molecule has 0 aliphatic rings. The van der Waals surface area contributed by atoms with Crippen LogP contribution in [0.5, 0.6) is 0 Å². The van der Waals surface area contributed by atoms with Gasteiger partial charge >= 0.3 is 5.97 Å². The third-order valence-electron chi connectivity index (χ3n) is 2.76. The third kappa shape index (κ3) is 3.54. The van der Waals surface area contributed by atoms with Crippen molar-refractivity contribution in [1.82, 2.24) is 0 Å². The number of nitrogens with zero attached hydrogens (tertiary/aromatic N) is 1. The van der Waals surface area contributed by atoms with E-state index in [1.807, 2.05) is 17.5 Å². The Labute approximate surface area is 131 Å². The highest BCUT2D eigenvalue weighted by Gasteiger charge is 2.23. The lowest BCUT2D eigenvalue weighted by atomic mass is 10.2. The molecule has 3 N–H and O–H groups in total. The molecule has 2 aromatic heterocycles. The number of rotatable bonds is 6. The molecule has 21 heavy (non-hydrogen) atoms. The second-order valence-electron chi connectivity index (χ2n) is 4.14. The molecular formula is C14H15N3O2S2. The second kappa shape index (κ2) is 7.11. The van der Waals surface area contributed by atoms with Gasteiger partial charge in [-0.25, -0.2) is 4.79 Å². The average molecular weight is 321 g/mol. The summed E-state index contributed by atoms with van der Waals surface area (Å²) in [7, 11) is 0. The first-order valence-electron chi connectivity index (χ1n) is 6.43. The van der Waals surface area contributed by atoms with Gasteiger partial charge in [-0.3, -0.25) is 0 Å². The molecule has 2 heterocycles. The Morgan fingerprint density at radius 2 is 2.38 bits per heavy atom. The molecule has 0 saturated carbocycles. The quantitative estimate of drug-likeness (QED) is 0.798. The summed E-state index contributed by atoms with van der Waals surface area (Å²) >= 11 is 2.87. The summed E-state index contributed by atoms with van der Waals surface area (Å²) in [6, 6.07) is 6.06. The lowest BCUT2D eigenvalue weighted by molar-refractivity contribution is 0.0529. The fourth-order valence-electron chi connectivity index (χ4n) is 1.81. The van der Waals surface area contributed by atoms with Crippen LogP contribution in [-0.2, 0) is 11.2 Å². The smallest absolute Gasteiger partial charge is 0.343 e. The molecule has 0 amide bonds. The number of hydrogen-bond acceptors (Lipinski definition) is 7. The summed E-state index contributed by atoms with van der Waals surface area (Å²) in [6.07, 6.45) is 0.847. The first-order chi connectivity index (χ1) is 10.2. The zero-order chi connectivity index (χ0) is 15.2. The molecule has 0 fully saturated rings. The standard InChI is InChI=1S/C14H15N3O2S2/c1-2-19-14(18)11-12(16)10(8-15)21-13(11)17-6-5-9-4-3-7-20-9/h3-4,7,17H,2,5-6,16H2,1H3. The molecule has 5 nitrogen and oxygen atoms in total. The van der Waals surface area contributed by atoms with Gasteiger partial charge in [-0.2, -0.15) is 5.26 Å². The number of carbonyl (C=O) groups is 1. The van der Waals surface area contributed by atoms with Gasteiger partial charge in [0.2, 0.25) is 0 Å². The molecule has 0 aliphatic heterocycles. The number of nitrogen functional groups attached to an aromatic ring is 1. The molecule has 0 bridgehead atoms. The van der Waals surface area contributed by atoms with Crippen molar-refractivity contribution >= 4 is 39.3 Å². The maximum absolute atomic E-state index is 12.0. The predicted octanol–water partition coefficient (Wildman–Crippen LogP) is 3.09. The summed E-state index contributed by atoms with van der Waals surface area (Å²) in [5, 5.41) is 14.8. The highest BCUT2D eigenvalue weighted by atomic mass is 32.1. The first kappa shape index (κ1) is 15.4. The number of hydrogen-bond donors (Lipinski definition) is 2. The highest BCUT2D eigenvalue weighted by molar-refractivity contribution is 7.17. The Morgan fingerprint density at radius 3 is 3.00 bits per heavy atom. The highest BCUT2D eigenvalue weighted by Crippen LogP contribution is 2.35. The monoisotopic (exact) mass is 321 g/mol. The van der Waals surface area contributed by atoms with E-state index in [9.17, 15) is 4.79 Å². The van der Waals surface area contributed by atoms with E-state index in [0.717, 1.165) is 6.42 Å². The van der Waals surface area contributed by atoms with E-state index in [1.165, 1.54) is 16.2 Å². The van der Waals surface area contributed by atoms with Crippen molar-refractivity contribution in [3.63, 3.8) is 0 Å². The van der Waals surface area contributed by atoms with Crippen molar-refractivity contribution in [1.29, 1.82) is 5.26 Å². The van der Waals surface area contributed by atoms with Gasteiger partial charge in [0.15, 0.2) is 0 Å². The minimum Gasteiger partial charge on any atom is -0.462 e. The van der Waals surface area contributed by atoms with Crippen LogP contribution in [-0.4, -0.2) is 19.1 Å². The Kier molecular flexibility index (Phi) is 5.20. The van der Waals surface area contributed by atoms with E-state index in [-0.39, 0.29) is 17.9 Å². The van der Waals surface area contributed by atoms with Crippen LogP contribution in [0.3, 0.4) is 0 Å². The van der Waals surface area contributed by atoms with Crippen LogP contribution in [0, 0.1) is 11.3 Å². The molecule has 0 aromatic carbocycles. The van der Waals surface area contributed by atoms with Crippen LogP contribution >= 0.6 is 22.7 Å². The van der Waals surface area contributed by atoms with Crippen molar-refractivity contribution in [2.45, 2.75) is 13.3 Å². The maximum Gasteiger partial charge on any atom is 0.343 e. The van der Waals surface area contributed by atoms with E-state index in [0.29, 0.717) is 16.4 Å². The van der Waals surface area contributed by atoms with Gasteiger partial charge in [0.1, 0.15) is 21.5 Å². The zero-order valence-electron chi connectivity index (χ0n) is 11.5. The molecule has 7 heteroatoms. The first-order valence-corrected chi connectivity index (χ1v) is 8.12. The van der Waals surface area contributed by atoms with Crippen molar-refractivity contribution in [3.8, 4) is 6.07 Å². The molecule has 2 aromatic rings. The molecular weight excluding hydrogens is 306 g/mol.